The van der Waals surface area contributed by atoms with Crippen LogP contribution in [0.25, 0.3) is 0 Å². The van der Waals surface area contributed by atoms with Crippen molar-refractivity contribution >= 4 is 5.95 Å². The monoisotopic (exact) mass is 266 g/mol. The molecule has 0 bridgehead atoms. The molecule has 0 aliphatic carbocycles. The zero-order chi connectivity index (χ0) is 13.7. The molecule has 108 valence electrons. The Morgan fingerprint density at radius 2 is 2.26 bits per heavy atom. The minimum atomic E-state index is 0.754. The number of aryl methyl sites for hydroxylation is 1. The first kappa shape index (κ1) is 14.3. The van der Waals surface area contributed by atoms with Gasteiger partial charge in [-0.15, -0.1) is 0 Å². The van der Waals surface area contributed by atoms with E-state index >= 15 is 0 Å². The molecule has 1 aliphatic rings. The molecule has 0 saturated carbocycles. The van der Waals surface area contributed by atoms with Crippen LogP contribution in [0.15, 0.2) is 4.52 Å². The molecule has 1 saturated heterocycles. The second-order valence-corrected chi connectivity index (χ2v) is 5.78. The Bertz CT molecular complexity index is 377. The molecule has 0 N–H and O–H groups in total. The summed E-state index contributed by atoms with van der Waals surface area (Å²) in [6, 6.07) is 0. The maximum atomic E-state index is 5.28. The van der Waals surface area contributed by atoms with Gasteiger partial charge in [-0.3, -0.25) is 0 Å². The molecule has 1 atom stereocenters. The summed E-state index contributed by atoms with van der Waals surface area (Å²) in [4.78, 5) is 9.03. The zero-order valence-corrected chi connectivity index (χ0v) is 12.4. The van der Waals surface area contributed by atoms with Crippen LogP contribution in [0.4, 0.5) is 5.95 Å². The third-order valence-electron chi connectivity index (χ3n) is 3.71. The van der Waals surface area contributed by atoms with Gasteiger partial charge in [-0.05, 0) is 57.4 Å². The summed E-state index contributed by atoms with van der Waals surface area (Å²) in [6.45, 7) is 5.41. The Balaban J connectivity index is 1.88. The normalized spacial score (nSPS) is 20.2. The fourth-order valence-electron chi connectivity index (χ4n) is 2.61. The minimum absolute atomic E-state index is 0.754. The Morgan fingerprint density at radius 3 is 3.00 bits per heavy atom. The van der Waals surface area contributed by atoms with Crippen LogP contribution >= 0.6 is 0 Å². The van der Waals surface area contributed by atoms with E-state index in [2.05, 4.69) is 41.0 Å². The number of hydrogen-bond acceptors (Lipinski definition) is 5. The number of anilines is 1. The van der Waals surface area contributed by atoms with Crippen LogP contribution in [0.2, 0.25) is 0 Å². The molecule has 1 fully saturated rings. The maximum absolute atomic E-state index is 5.28. The van der Waals surface area contributed by atoms with Crippen molar-refractivity contribution in [3.05, 3.63) is 5.89 Å². The van der Waals surface area contributed by atoms with Crippen molar-refractivity contribution in [1.29, 1.82) is 0 Å². The lowest BCUT2D eigenvalue weighted by molar-refractivity contribution is 0.316. The van der Waals surface area contributed by atoms with Crippen molar-refractivity contribution in [2.24, 2.45) is 5.92 Å². The van der Waals surface area contributed by atoms with E-state index in [1.165, 1.54) is 19.3 Å². The van der Waals surface area contributed by atoms with Gasteiger partial charge in [0.1, 0.15) is 0 Å². The fraction of sp³-hybridized carbons (Fsp3) is 0.857. The van der Waals surface area contributed by atoms with Gasteiger partial charge in [0, 0.05) is 19.5 Å². The van der Waals surface area contributed by atoms with Gasteiger partial charge in [-0.2, -0.15) is 4.98 Å². The highest BCUT2D eigenvalue weighted by Crippen LogP contribution is 2.23. The predicted octanol–water partition coefficient (Wildman–Crippen LogP) is 2.19. The van der Waals surface area contributed by atoms with Crippen LogP contribution in [0, 0.1) is 5.92 Å². The quantitative estimate of drug-likeness (QED) is 0.790. The van der Waals surface area contributed by atoms with Gasteiger partial charge in [-0.25, -0.2) is 0 Å². The maximum Gasteiger partial charge on any atom is 0.266 e. The topological polar surface area (TPSA) is 45.4 Å². The molecule has 2 heterocycles. The third kappa shape index (κ3) is 4.20. The summed E-state index contributed by atoms with van der Waals surface area (Å²) in [5.41, 5.74) is 0. The summed E-state index contributed by atoms with van der Waals surface area (Å²) in [7, 11) is 4.27. The number of nitrogens with zero attached hydrogens (tertiary/aromatic N) is 4. The number of rotatable bonds is 6. The molecule has 1 aromatic heterocycles. The van der Waals surface area contributed by atoms with Crippen molar-refractivity contribution in [2.75, 3.05) is 38.6 Å². The lowest BCUT2D eigenvalue weighted by Crippen LogP contribution is -2.37. The molecule has 0 unspecified atom stereocenters. The SMILES string of the molecule is CCCc1nc(N2CCC[C@@H](CCN(C)C)C2)no1. The molecule has 0 spiro atoms. The highest BCUT2D eigenvalue weighted by atomic mass is 16.5. The fourth-order valence-corrected chi connectivity index (χ4v) is 2.61. The van der Waals surface area contributed by atoms with E-state index < -0.39 is 0 Å². The summed E-state index contributed by atoms with van der Waals surface area (Å²) < 4.78 is 5.28. The molecule has 2 rings (SSSR count). The van der Waals surface area contributed by atoms with Crippen LogP contribution in [0.5, 0.6) is 0 Å². The van der Waals surface area contributed by atoms with Crippen LogP contribution < -0.4 is 4.90 Å². The molecule has 1 aliphatic heterocycles. The van der Waals surface area contributed by atoms with Gasteiger partial charge in [0.05, 0.1) is 0 Å². The molecule has 0 radical (unpaired) electrons. The van der Waals surface area contributed by atoms with Gasteiger partial charge >= 0.3 is 0 Å². The van der Waals surface area contributed by atoms with E-state index in [9.17, 15) is 0 Å². The Kier molecular flexibility index (Phi) is 5.19. The highest BCUT2D eigenvalue weighted by Gasteiger charge is 2.23. The number of piperidine rings is 1. The second kappa shape index (κ2) is 6.89. The van der Waals surface area contributed by atoms with Crippen molar-refractivity contribution in [3.63, 3.8) is 0 Å². The second-order valence-electron chi connectivity index (χ2n) is 5.78. The van der Waals surface area contributed by atoms with Crippen LogP contribution in [0.1, 0.15) is 38.5 Å². The first-order valence-electron chi connectivity index (χ1n) is 7.41. The lowest BCUT2D eigenvalue weighted by Gasteiger charge is -2.32. The van der Waals surface area contributed by atoms with Gasteiger partial charge in [0.25, 0.3) is 5.95 Å². The molecular formula is C14H26N4O. The lowest BCUT2D eigenvalue weighted by atomic mass is 9.95. The Hall–Kier alpha value is -1.10. The predicted molar refractivity (Wildman–Crippen MR) is 76.4 cm³/mol. The average Bonchev–Trinajstić information content (AvgIpc) is 2.86. The Morgan fingerprint density at radius 1 is 1.42 bits per heavy atom. The molecule has 19 heavy (non-hydrogen) atoms. The van der Waals surface area contributed by atoms with Crippen LogP contribution in [-0.4, -0.2) is 48.8 Å². The third-order valence-corrected chi connectivity index (χ3v) is 3.71. The molecule has 1 aromatic rings. The first-order valence-corrected chi connectivity index (χ1v) is 7.41. The first-order chi connectivity index (χ1) is 9.19. The molecule has 5 heteroatoms. The van der Waals surface area contributed by atoms with Crippen molar-refractivity contribution < 1.29 is 4.52 Å². The van der Waals surface area contributed by atoms with Crippen LogP contribution in [0.3, 0.4) is 0 Å². The standard InChI is InChI=1S/C14H26N4O/c1-4-6-13-15-14(16-19-13)18-9-5-7-12(11-18)8-10-17(2)3/h12H,4-11H2,1-3H3/t12-/m0/s1. The van der Waals surface area contributed by atoms with E-state index in [0.29, 0.717) is 0 Å². The molecule has 0 amide bonds. The van der Waals surface area contributed by atoms with E-state index in [0.717, 1.165) is 50.2 Å². The number of hydrogen-bond donors (Lipinski definition) is 0. The summed E-state index contributed by atoms with van der Waals surface area (Å²) in [5.74, 6) is 2.31. The van der Waals surface area contributed by atoms with Gasteiger partial charge in [0.2, 0.25) is 5.89 Å². The Labute approximate surface area is 116 Å². The van der Waals surface area contributed by atoms with E-state index in [1.807, 2.05) is 0 Å². The highest BCUT2D eigenvalue weighted by molar-refractivity contribution is 5.28. The summed E-state index contributed by atoms with van der Waals surface area (Å²) in [6.07, 6.45) is 5.74. The summed E-state index contributed by atoms with van der Waals surface area (Å²) in [5, 5.41) is 4.12. The van der Waals surface area contributed by atoms with Crippen molar-refractivity contribution in [3.8, 4) is 0 Å². The van der Waals surface area contributed by atoms with E-state index in [4.69, 9.17) is 4.52 Å². The van der Waals surface area contributed by atoms with E-state index in [1.54, 1.807) is 0 Å². The van der Waals surface area contributed by atoms with Crippen LogP contribution in [-0.2, 0) is 6.42 Å². The van der Waals surface area contributed by atoms with Crippen molar-refractivity contribution in [1.82, 2.24) is 15.0 Å². The van der Waals surface area contributed by atoms with Gasteiger partial charge < -0.3 is 14.3 Å². The number of aromatic nitrogens is 2. The van der Waals surface area contributed by atoms with Crippen molar-refractivity contribution in [2.45, 2.75) is 39.0 Å². The molecular weight excluding hydrogens is 240 g/mol. The average molecular weight is 266 g/mol. The van der Waals surface area contributed by atoms with Gasteiger partial charge in [-0.1, -0.05) is 6.92 Å². The van der Waals surface area contributed by atoms with Gasteiger partial charge in [0.15, 0.2) is 0 Å². The summed E-state index contributed by atoms with van der Waals surface area (Å²) >= 11 is 0. The zero-order valence-electron chi connectivity index (χ0n) is 12.4. The molecule has 0 aromatic carbocycles. The van der Waals surface area contributed by atoms with E-state index in [-0.39, 0.29) is 0 Å². The largest absolute Gasteiger partial charge is 0.338 e. The smallest absolute Gasteiger partial charge is 0.266 e. The minimum Gasteiger partial charge on any atom is -0.338 e. The molecule has 5 nitrogen and oxygen atoms in total.